The number of carbonyl (C=O) groups is 1. The lowest BCUT2D eigenvalue weighted by Gasteiger charge is -2.20. The van der Waals surface area contributed by atoms with Crippen LogP contribution in [-0.2, 0) is 4.79 Å². The van der Waals surface area contributed by atoms with E-state index in [1.165, 1.54) is 0 Å². The molecule has 0 aromatic heterocycles. The van der Waals surface area contributed by atoms with Crippen molar-refractivity contribution in [3.63, 3.8) is 0 Å². The molecule has 0 spiro atoms. The number of nitrogens with one attached hydrogen (secondary N) is 1. The highest BCUT2D eigenvalue weighted by molar-refractivity contribution is 5.85. The first-order valence-electron chi connectivity index (χ1n) is 6.79. The van der Waals surface area contributed by atoms with Gasteiger partial charge in [-0.25, -0.2) is 0 Å². The third-order valence-electron chi connectivity index (χ3n) is 3.64. The second-order valence-corrected chi connectivity index (χ2v) is 5.00. The Balaban J connectivity index is 2.31. The van der Waals surface area contributed by atoms with Gasteiger partial charge in [0.1, 0.15) is 11.8 Å². The third kappa shape index (κ3) is 3.34. The molecule has 2 aromatic rings. The quantitative estimate of drug-likeness (QED) is 0.887. The summed E-state index contributed by atoms with van der Waals surface area (Å²) in [5.74, 6) is 0.363. The van der Waals surface area contributed by atoms with Gasteiger partial charge in [-0.1, -0.05) is 18.2 Å². The van der Waals surface area contributed by atoms with Crippen molar-refractivity contribution < 1.29 is 9.53 Å². The lowest BCUT2D eigenvalue weighted by molar-refractivity contribution is -0.118. The number of rotatable bonds is 5. The molecule has 0 bridgehead atoms. The molecular formula is C17H20N2O2. The fraction of sp³-hybridized carbons (Fsp3) is 0.235. The van der Waals surface area contributed by atoms with Crippen molar-refractivity contribution in [1.29, 1.82) is 0 Å². The Morgan fingerprint density at radius 3 is 2.38 bits per heavy atom. The van der Waals surface area contributed by atoms with Crippen LogP contribution in [0.25, 0.3) is 0 Å². The molecule has 2 rings (SSSR count). The van der Waals surface area contributed by atoms with Gasteiger partial charge < -0.3 is 15.8 Å². The molecular weight excluding hydrogens is 264 g/mol. The first-order chi connectivity index (χ1) is 10.0. The van der Waals surface area contributed by atoms with Crippen LogP contribution in [-0.4, -0.2) is 13.0 Å². The number of carbonyl (C=O) groups excluding carboxylic acids is 1. The summed E-state index contributed by atoms with van der Waals surface area (Å²) in [4.78, 5) is 11.8. The van der Waals surface area contributed by atoms with Crippen molar-refractivity contribution in [2.24, 2.45) is 5.73 Å². The van der Waals surface area contributed by atoms with Gasteiger partial charge in [0.15, 0.2) is 0 Å². The molecule has 21 heavy (non-hydrogen) atoms. The van der Waals surface area contributed by atoms with Crippen LogP contribution in [0.15, 0.2) is 42.5 Å². The Bertz CT molecular complexity index is 636. The largest absolute Gasteiger partial charge is 0.497 e. The molecule has 0 saturated carbocycles. The Morgan fingerprint density at radius 1 is 1.14 bits per heavy atom. The van der Waals surface area contributed by atoms with Crippen molar-refractivity contribution in [3.05, 3.63) is 59.2 Å². The van der Waals surface area contributed by atoms with Crippen LogP contribution in [0, 0.1) is 13.8 Å². The Hall–Kier alpha value is -2.49. The van der Waals surface area contributed by atoms with Crippen molar-refractivity contribution in [3.8, 4) is 5.75 Å². The summed E-state index contributed by atoms with van der Waals surface area (Å²) >= 11 is 0. The minimum absolute atomic E-state index is 0.403. The summed E-state index contributed by atoms with van der Waals surface area (Å²) in [6, 6.07) is 12.7. The van der Waals surface area contributed by atoms with Crippen molar-refractivity contribution in [2.75, 3.05) is 12.4 Å². The van der Waals surface area contributed by atoms with E-state index in [-0.39, 0.29) is 0 Å². The minimum atomic E-state index is -0.557. The van der Waals surface area contributed by atoms with E-state index in [1.807, 2.05) is 56.3 Å². The number of hydrogen-bond donors (Lipinski definition) is 2. The smallest absolute Gasteiger partial charge is 0.244 e. The van der Waals surface area contributed by atoms with Crippen LogP contribution in [0.5, 0.6) is 5.75 Å². The molecule has 3 N–H and O–H groups in total. The molecule has 0 aliphatic heterocycles. The van der Waals surface area contributed by atoms with Crippen LogP contribution in [0.3, 0.4) is 0 Å². The number of primary amides is 1. The number of methoxy groups -OCH3 is 1. The molecule has 0 radical (unpaired) electrons. The van der Waals surface area contributed by atoms with Gasteiger partial charge >= 0.3 is 0 Å². The normalized spacial score (nSPS) is 11.8. The van der Waals surface area contributed by atoms with Gasteiger partial charge in [0.2, 0.25) is 5.91 Å². The van der Waals surface area contributed by atoms with Crippen LogP contribution >= 0.6 is 0 Å². The average Bonchev–Trinajstić information content (AvgIpc) is 2.48. The predicted octanol–water partition coefficient (Wildman–Crippen LogP) is 2.95. The Labute approximate surface area is 124 Å². The topological polar surface area (TPSA) is 64.3 Å². The molecule has 110 valence electrons. The SMILES string of the molecule is COc1ccc(NC(C(N)=O)c2cccc(C)c2C)cc1. The van der Waals surface area contributed by atoms with E-state index >= 15 is 0 Å². The molecule has 0 aliphatic rings. The minimum Gasteiger partial charge on any atom is -0.497 e. The highest BCUT2D eigenvalue weighted by Gasteiger charge is 2.20. The van der Waals surface area contributed by atoms with Gasteiger partial charge in [0.05, 0.1) is 7.11 Å². The summed E-state index contributed by atoms with van der Waals surface area (Å²) in [5.41, 5.74) is 9.49. The number of hydrogen-bond acceptors (Lipinski definition) is 3. The molecule has 1 atom stereocenters. The number of anilines is 1. The molecule has 4 nitrogen and oxygen atoms in total. The van der Waals surface area contributed by atoms with E-state index < -0.39 is 11.9 Å². The van der Waals surface area contributed by atoms with Gasteiger partial charge in [-0.3, -0.25) is 4.79 Å². The Morgan fingerprint density at radius 2 is 1.81 bits per heavy atom. The van der Waals surface area contributed by atoms with Crippen LogP contribution in [0.1, 0.15) is 22.7 Å². The van der Waals surface area contributed by atoms with E-state index in [1.54, 1.807) is 7.11 Å². The molecule has 1 unspecified atom stereocenters. The standard InChI is InChI=1S/C17H20N2O2/c1-11-5-4-6-15(12(11)2)16(17(18)20)19-13-7-9-14(21-3)10-8-13/h4-10,16,19H,1-3H3,(H2,18,20). The zero-order valence-corrected chi connectivity index (χ0v) is 12.5. The summed E-state index contributed by atoms with van der Waals surface area (Å²) < 4.78 is 5.12. The van der Waals surface area contributed by atoms with Crippen molar-refractivity contribution in [1.82, 2.24) is 0 Å². The number of benzene rings is 2. The van der Waals surface area contributed by atoms with Gasteiger partial charge in [0.25, 0.3) is 0 Å². The lowest BCUT2D eigenvalue weighted by Crippen LogP contribution is -2.28. The van der Waals surface area contributed by atoms with E-state index in [0.717, 1.165) is 28.1 Å². The fourth-order valence-corrected chi connectivity index (χ4v) is 2.24. The molecule has 2 aromatic carbocycles. The molecule has 0 fully saturated rings. The van der Waals surface area contributed by atoms with E-state index in [4.69, 9.17) is 10.5 Å². The summed E-state index contributed by atoms with van der Waals surface area (Å²) in [6.45, 7) is 4.01. The van der Waals surface area contributed by atoms with Crippen molar-refractivity contribution in [2.45, 2.75) is 19.9 Å². The van der Waals surface area contributed by atoms with Gasteiger partial charge in [-0.15, -0.1) is 0 Å². The first kappa shape index (κ1) is 14.9. The third-order valence-corrected chi connectivity index (χ3v) is 3.64. The zero-order chi connectivity index (χ0) is 15.4. The summed E-state index contributed by atoms with van der Waals surface area (Å²) in [7, 11) is 1.62. The summed E-state index contributed by atoms with van der Waals surface area (Å²) in [5, 5.41) is 3.18. The maximum Gasteiger partial charge on any atom is 0.244 e. The highest BCUT2D eigenvalue weighted by atomic mass is 16.5. The van der Waals surface area contributed by atoms with Crippen LogP contribution in [0.4, 0.5) is 5.69 Å². The zero-order valence-electron chi connectivity index (χ0n) is 12.5. The van der Waals surface area contributed by atoms with Gasteiger partial charge in [0, 0.05) is 5.69 Å². The number of aryl methyl sites for hydroxylation is 1. The van der Waals surface area contributed by atoms with Gasteiger partial charge in [-0.05, 0) is 54.8 Å². The molecule has 0 heterocycles. The fourth-order valence-electron chi connectivity index (χ4n) is 2.24. The predicted molar refractivity (Wildman–Crippen MR) is 84.5 cm³/mol. The monoisotopic (exact) mass is 284 g/mol. The van der Waals surface area contributed by atoms with Gasteiger partial charge in [-0.2, -0.15) is 0 Å². The second-order valence-electron chi connectivity index (χ2n) is 5.00. The maximum absolute atomic E-state index is 11.8. The highest BCUT2D eigenvalue weighted by Crippen LogP contribution is 2.25. The number of nitrogens with two attached hydrogens (primary N) is 1. The first-order valence-corrected chi connectivity index (χ1v) is 6.79. The maximum atomic E-state index is 11.8. The van der Waals surface area contributed by atoms with Crippen molar-refractivity contribution >= 4 is 11.6 Å². The van der Waals surface area contributed by atoms with E-state index in [0.29, 0.717) is 0 Å². The number of ether oxygens (including phenoxy) is 1. The average molecular weight is 284 g/mol. The van der Waals surface area contributed by atoms with E-state index in [9.17, 15) is 4.79 Å². The molecule has 1 amide bonds. The van der Waals surface area contributed by atoms with E-state index in [2.05, 4.69) is 5.32 Å². The molecule has 0 saturated heterocycles. The van der Waals surface area contributed by atoms with Crippen LogP contribution in [0.2, 0.25) is 0 Å². The second kappa shape index (κ2) is 6.31. The number of amides is 1. The summed E-state index contributed by atoms with van der Waals surface area (Å²) in [6.07, 6.45) is 0. The molecule has 4 heteroatoms. The Kier molecular flexibility index (Phi) is 4.48. The lowest BCUT2D eigenvalue weighted by atomic mass is 9.97. The molecule has 0 aliphatic carbocycles. The van der Waals surface area contributed by atoms with Crippen LogP contribution < -0.4 is 15.8 Å².